The van der Waals surface area contributed by atoms with E-state index in [2.05, 4.69) is 10.2 Å². The molecule has 2 amide bonds. The van der Waals surface area contributed by atoms with E-state index < -0.39 is 0 Å². The highest BCUT2D eigenvalue weighted by atomic mass is 32.2. The molecular formula is C19H21N3O3S. The van der Waals surface area contributed by atoms with Gasteiger partial charge in [0.1, 0.15) is 5.76 Å². The Kier molecular flexibility index (Phi) is 4.99. The Morgan fingerprint density at radius 2 is 2.04 bits per heavy atom. The van der Waals surface area contributed by atoms with Gasteiger partial charge in [-0.25, -0.2) is 0 Å². The molecule has 26 heavy (non-hydrogen) atoms. The molecule has 3 heterocycles. The molecule has 0 unspecified atom stereocenters. The third-order valence-electron chi connectivity index (χ3n) is 4.71. The van der Waals surface area contributed by atoms with Crippen LogP contribution >= 0.6 is 11.8 Å². The van der Waals surface area contributed by atoms with Gasteiger partial charge in [0, 0.05) is 48.8 Å². The van der Waals surface area contributed by atoms with Crippen LogP contribution < -0.4 is 5.32 Å². The molecule has 0 bridgehead atoms. The lowest BCUT2D eigenvalue weighted by molar-refractivity contribution is -0.115. The van der Waals surface area contributed by atoms with Crippen LogP contribution in [-0.4, -0.2) is 53.5 Å². The van der Waals surface area contributed by atoms with Crippen molar-refractivity contribution >= 4 is 29.3 Å². The number of hydrogen-bond acceptors (Lipinski definition) is 5. The highest BCUT2D eigenvalue weighted by Gasteiger charge is 2.24. The molecule has 0 radical (unpaired) electrons. The number of anilines is 1. The van der Waals surface area contributed by atoms with E-state index in [0.717, 1.165) is 41.7 Å². The van der Waals surface area contributed by atoms with E-state index in [9.17, 15) is 9.59 Å². The zero-order valence-corrected chi connectivity index (χ0v) is 15.3. The van der Waals surface area contributed by atoms with E-state index in [1.54, 1.807) is 18.0 Å². The number of fused-ring (bicyclic) bond motifs is 1. The zero-order chi connectivity index (χ0) is 17.9. The summed E-state index contributed by atoms with van der Waals surface area (Å²) in [5.74, 6) is 1.74. The SMILES string of the molecule is O=C1CCSc2ccc(C(=O)N3CCN(Cc4ccco4)CC3)cc2N1. The third-order valence-corrected chi connectivity index (χ3v) is 5.78. The first-order valence-electron chi connectivity index (χ1n) is 8.80. The van der Waals surface area contributed by atoms with Crippen LogP contribution in [0.1, 0.15) is 22.5 Å². The Labute approximate surface area is 156 Å². The highest BCUT2D eigenvalue weighted by molar-refractivity contribution is 7.99. The maximum absolute atomic E-state index is 12.8. The maximum Gasteiger partial charge on any atom is 0.254 e. The average Bonchev–Trinajstić information content (AvgIpc) is 3.08. The van der Waals surface area contributed by atoms with Gasteiger partial charge in [-0.05, 0) is 30.3 Å². The molecule has 1 aromatic carbocycles. The van der Waals surface area contributed by atoms with E-state index >= 15 is 0 Å². The van der Waals surface area contributed by atoms with Crippen molar-refractivity contribution in [2.75, 3.05) is 37.2 Å². The molecule has 4 rings (SSSR count). The van der Waals surface area contributed by atoms with Crippen molar-refractivity contribution in [2.45, 2.75) is 17.9 Å². The molecule has 7 heteroatoms. The fourth-order valence-corrected chi connectivity index (χ4v) is 4.20. The molecular weight excluding hydrogens is 350 g/mol. The van der Waals surface area contributed by atoms with Crippen molar-refractivity contribution < 1.29 is 14.0 Å². The van der Waals surface area contributed by atoms with Crippen LogP contribution in [0.5, 0.6) is 0 Å². The average molecular weight is 371 g/mol. The van der Waals surface area contributed by atoms with E-state index in [0.29, 0.717) is 25.1 Å². The number of hydrogen-bond donors (Lipinski definition) is 1. The van der Waals surface area contributed by atoms with E-state index in [1.807, 2.05) is 35.2 Å². The third kappa shape index (κ3) is 3.78. The summed E-state index contributed by atoms with van der Waals surface area (Å²) < 4.78 is 5.39. The smallest absolute Gasteiger partial charge is 0.254 e. The first kappa shape index (κ1) is 17.2. The van der Waals surface area contributed by atoms with E-state index in [-0.39, 0.29) is 11.8 Å². The van der Waals surface area contributed by atoms with Gasteiger partial charge in [0.2, 0.25) is 5.91 Å². The standard InChI is InChI=1S/C19H21N3O3S/c23-18-5-11-26-17-4-3-14(12-16(17)20-18)19(24)22-8-6-21(7-9-22)13-15-2-1-10-25-15/h1-4,10,12H,5-9,11,13H2,(H,20,23). The number of rotatable bonds is 3. The summed E-state index contributed by atoms with van der Waals surface area (Å²) in [6, 6.07) is 9.47. The number of nitrogens with zero attached hydrogens (tertiary/aromatic N) is 2. The van der Waals surface area contributed by atoms with Gasteiger partial charge in [-0.1, -0.05) is 0 Å². The number of furan rings is 1. The summed E-state index contributed by atoms with van der Waals surface area (Å²) in [5.41, 5.74) is 1.38. The van der Waals surface area contributed by atoms with Crippen molar-refractivity contribution in [3.63, 3.8) is 0 Å². The van der Waals surface area contributed by atoms with Gasteiger partial charge in [-0.15, -0.1) is 11.8 Å². The minimum Gasteiger partial charge on any atom is -0.468 e. The molecule has 2 aliphatic rings. The predicted molar refractivity (Wildman–Crippen MR) is 100 cm³/mol. The first-order chi connectivity index (χ1) is 12.7. The Morgan fingerprint density at radius 1 is 1.19 bits per heavy atom. The highest BCUT2D eigenvalue weighted by Crippen LogP contribution is 2.31. The fraction of sp³-hybridized carbons (Fsp3) is 0.368. The Hall–Kier alpha value is -2.25. The van der Waals surface area contributed by atoms with Crippen LogP contribution in [0.4, 0.5) is 5.69 Å². The van der Waals surface area contributed by atoms with Gasteiger partial charge in [0.25, 0.3) is 5.91 Å². The number of carbonyl (C=O) groups excluding carboxylic acids is 2. The number of piperazine rings is 1. The fourth-order valence-electron chi connectivity index (χ4n) is 3.27. The van der Waals surface area contributed by atoms with Crippen molar-refractivity contribution in [3.8, 4) is 0 Å². The number of carbonyl (C=O) groups is 2. The zero-order valence-electron chi connectivity index (χ0n) is 14.4. The quantitative estimate of drug-likeness (QED) is 0.899. The minimum atomic E-state index is 0.00684. The second-order valence-electron chi connectivity index (χ2n) is 6.51. The second kappa shape index (κ2) is 7.55. The van der Waals surface area contributed by atoms with Gasteiger partial charge in [-0.3, -0.25) is 14.5 Å². The summed E-state index contributed by atoms with van der Waals surface area (Å²) in [4.78, 5) is 29.8. The van der Waals surface area contributed by atoms with E-state index in [4.69, 9.17) is 4.42 Å². The Morgan fingerprint density at radius 3 is 2.81 bits per heavy atom. The van der Waals surface area contributed by atoms with Gasteiger partial charge in [0.15, 0.2) is 0 Å². The molecule has 0 saturated carbocycles. The number of nitrogens with one attached hydrogen (secondary N) is 1. The van der Waals surface area contributed by atoms with Crippen LogP contribution in [0.25, 0.3) is 0 Å². The molecule has 0 spiro atoms. The lowest BCUT2D eigenvalue weighted by atomic mass is 10.1. The lowest BCUT2D eigenvalue weighted by Crippen LogP contribution is -2.48. The molecule has 6 nitrogen and oxygen atoms in total. The summed E-state index contributed by atoms with van der Waals surface area (Å²) in [6.45, 7) is 3.81. The topological polar surface area (TPSA) is 65.8 Å². The van der Waals surface area contributed by atoms with Crippen molar-refractivity contribution in [1.29, 1.82) is 0 Å². The molecule has 1 N–H and O–H groups in total. The molecule has 0 atom stereocenters. The number of amides is 2. The Balaban J connectivity index is 1.40. The van der Waals surface area contributed by atoms with Crippen LogP contribution in [0.2, 0.25) is 0 Å². The molecule has 2 aromatic rings. The van der Waals surface area contributed by atoms with E-state index in [1.165, 1.54) is 0 Å². The van der Waals surface area contributed by atoms with Crippen molar-refractivity contribution in [1.82, 2.24) is 9.80 Å². The second-order valence-corrected chi connectivity index (χ2v) is 7.64. The van der Waals surface area contributed by atoms with Crippen LogP contribution in [-0.2, 0) is 11.3 Å². The first-order valence-corrected chi connectivity index (χ1v) is 9.78. The summed E-state index contributed by atoms with van der Waals surface area (Å²) in [7, 11) is 0. The normalized spacial score (nSPS) is 18.2. The molecule has 2 aliphatic heterocycles. The predicted octanol–water partition coefficient (Wildman–Crippen LogP) is 2.67. The molecule has 0 aliphatic carbocycles. The van der Waals surface area contributed by atoms with Crippen LogP contribution in [0, 0.1) is 0 Å². The lowest BCUT2D eigenvalue weighted by Gasteiger charge is -2.34. The number of thioether (sulfide) groups is 1. The van der Waals surface area contributed by atoms with Gasteiger partial charge >= 0.3 is 0 Å². The summed E-state index contributed by atoms with van der Waals surface area (Å²) >= 11 is 1.65. The van der Waals surface area contributed by atoms with Crippen LogP contribution in [0.15, 0.2) is 45.9 Å². The summed E-state index contributed by atoms with van der Waals surface area (Å²) in [6.07, 6.45) is 2.19. The number of benzene rings is 1. The molecule has 1 saturated heterocycles. The van der Waals surface area contributed by atoms with Gasteiger partial charge in [-0.2, -0.15) is 0 Å². The monoisotopic (exact) mass is 371 g/mol. The largest absolute Gasteiger partial charge is 0.468 e. The molecule has 1 fully saturated rings. The molecule has 136 valence electrons. The molecule has 1 aromatic heterocycles. The maximum atomic E-state index is 12.8. The summed E-state index contributed by atoms with van der Waals surface area (Å²) in [5, 5.41) is 2.90. The Bertz CT molecular complexity index is 798. The van der Waals surface area contributed by atoms with Gasteiger partial charge in [0.05, 0.1) is 18.5 Å². The van der Waals surface area contributed by atoms with Crippen molar-refractivity contribution in [2.24, 2.45) is 0 Å². The van der Waals surface area contributed by atoms with Gasteiger partial charge < -0.3 is 14.6 Å². The minimum absolute atomic E-state index is 0.00684. The van der Waals surface area contributed by atoms with Crippen molar-refractivity contribution in [3.05, 3.63) is 47.9 Å². The van der Waals surface area contributed by atoms with Crippen LogP contribution in [0.3, 0.4) is 0 Å².